The molecule has 1 atom stereocenters. The zero-order valence-electron chi connectivity index (χ0n) is 16.4. The molecule has 10 heteroatoms. The van der Waals surface area contributed by atoms with Crippen molar-refractivity contribution in [2.24, 2.45) is 5.73 Å². The van der Waals surface area contributed by atoms with Crippen LogP contribution >= 0.6 is 0 Å². The van der Waals surface area contributed by atoms with E-state index in [1.54, 1.807) is 31.3 Å². The van der Waals surface area contributed by atoms with Gasteiger partial charge in [-0.3, -0.25) is 9.59 Å². The number of aliphatic hydroxyl groups is 1. The van der Waals surface area contributed by atoms with Crippen molar-refractivity contribution < 1.29 is 19.4 Å². The molecule has 0 fully saturated rings. The van der Waals surface area contributed by atoms with E-state index in [2.05, 4.69) is 26.9 Å². The molecule has 0 spiro atoms. The van der Waals surface area contributed by atoms with Crippen LogP contribution in [0.25, 0.3) is 16.7 Å². The smallest absolute Gasteiger partial charge is 0.318 e. The third-order valence-corrected chi connectivity index (χ3v) is 4.23. The third kappa shape index (κ3) is 4.53. The first-order valence-electron chi connectivity index (χ1n) is 8.98. The van der Waals surface area contributed by atoms with Gasteiger partial charge in [-0.1, -0.05) is 17.9 Å². The van der Waals surface area contributed by atoms with Crippen LogP contribution in [0, 0.1) is 11.8 Å². The number of fused-ring (bicyclic) bond motifs is 1. The molecule has 0 bridgehead atoms. The predicted molar refractivity (Wildman–Crippen MR) is 108 cm³/mol. The lowest BCUT2D eigenvalue weighted by molar-refractivity contribution is -0.117. The fraction of sp³-hybridized carbons (Fsp3) is 0.250. The standard InChI is InChI=1S/C20H20N6O4/c1-25(12-27)9-8-15(28)7-6-13-4-3-5-14(10-13)26-19-16(17(24-26)18(21)29)11-22-20(23-19)30-2/h3-5,10-12,15,28H,8-9H2,1-2H3,(H2,21,29)/t15-/m0/s1. The Labute approximate surface area is 172 Å². The monoisotopic (exact) mass is 408 g/mol. The summed E-state index contributed by atoms with van der Waals surface area (Å²) in [7, 11) is 3.06. The molecule has 30 heavy (non-hydrogen) atoms. The lowest BCUT2D eigenvalue weighted by Crippen LogP contribution is -2.21. The number of hydrogen-bond donors (Lipinski definition) is 2. The zero-order chi connectivity index (χ0) is 21.7. The van der Waals surface area contributed by atoms with Crippen molar-refractivity contribution in [3.8, 4) is 23.5 Å². The van der Waals surface area contributed by atoms with Gasteiger partial charge in [-0.25, -0.2) is 9.67 Å². The number of nitrogens with two attached hydrogens (primary N) is 1. The molecule has 0 radical (unpaired) electrons. The van der Waals surface area contributed by atoms with Gasteiger partial charge in [0.1, 0.15) is 6.10 Å². The maximum Gasteiger partial charge on any atom is 0.318 e. The van der Waals surface area contributed by atoms with Crippen molar-refractivity contribution >= 4 is 23.4 Å². The number of rotatable bonds is 7. The van der Waals surface area contributed by atoms with Gasteiger partial charge in [0.25, 0.3) is 5.91 Å². The summed E-state index contributed by atoms with van der Waals surface area (Å²) >= 11 is 0. The average molecular weight is 408 g/mol. The van der Waals surface area contributed by atoms with Crippen molar-refractivity contribution in [3.63, 3.8) is 0 Å². The molecular formula is C20H20N6O4. The Bertz CT molecular complexity index is 1150. The topological polar surface area (TPSA) is 136 Å². The van der Waals surface area contributed by atoms with Gasteiger partial charge in [0.15, 0.2) is 11.3 Å². The van der Waals surface area contributed by atoms with E-state index in [-0.39, 0.29) is 11.7 Å². The minimum atomic E-state index is -0.875. The molecule has 2 heterocycles. The van der Waals surface area contributed by atoms with Gasteiger partial charge in [0.05, 0.1) is 18.2 Å². The fourth-order valence-electron chi connectivity index (χ4n) is 2.68. The summed E-state index contributed by atoms with van der Waals surface area (Å²) in [6, 6.07) is 7.17. The lowest BCUT2D eigenvalue weighted by Gasteiger charge is -2.10. The Morgan fingerprint density at radius 2 is 2.27 bits per heavy atom. The number of benzene rings is 1. The molecule has 2 amide bonds. The zero-order valence-corrected chi connectivity index (χ0v) is 16.4. The Balaban J connectivity index is 1.95. The van der Waals surface area contributed by atoms with Crippen LogP contribution in [0.2, 0.25) is 0 Å². The number of amides is 2. The second-order valence-electron chi connectivity index (χ2n) is 6.43. The molecule has 0 aliphatic rings. The van der Waals surface area contributed by atoms with Gasteiger partial charge in [-0.2, -0.15) is 10.1 Å². The highest BCUT2D eigenvalue weighted by atomic mass is 16.5. The molecule has 3 N–H and O–H groups in total. The fourth-order valence-corrected chi connectivity index (χ4v) is 2.68. The second-order valence-corrected chi connectivity index (χ2v) is 6.43. The molecule has 10 nitrogen and oxygen atoms in total. The van der Waals surface area contributed by atoms with Crippen LogP contribution in [0.15, 0.2) is 30.5 Å². The quantitative estimate of drug-likeness (QED) is 0.418. The molecule has 0 aliphatic carbocycles. The Morgan fingerprint density at radius 3 is 2.97 bits per heavy atom. The molecule has 3 aromatic rings. The molecule has 0 saturated heterocycles. The van der Waals surface area contributed by atoms with Gasteiger partial charge in [-0.05, 0) is 18.2 Å². The number of hydrogen-bond acceptors (Lipinski definition) is 7. The highest BCUT2D eigenvalue weighted by Crippen LogP contribution is 2.22. The first-order valence-corrected chi connectivity index (χ1v) is 8.98. The molecule has 1 aromatic carbocycles. The maximum absolute atomic E-state index is 11.8. The number of methoxy groups -OCH3 is 1. The molecular weight excluding hydrogens is 388 g/mol. The molecule has 3 rings (SSSR count). The highest BCUT2D eigenvalue weighted by Gasteiger charge is 2.18. The van der Waals surface area contributed by atoms with Crippen molar-refractivity contribution in [3.05, 3.63) is 41.7 Å². The van der Waals surface area contributed by atoms with E-state index in [1.807, 2.05) is 0 Å². The van der Waals surface area contributed by atoms with Crippen LogP contribution in [0.3, 0.4) is 0 Å². The summed E-state index contributed by atoms with van der Waals surface area (Å²) in [5.74, 6) is 4.95. The SMILES string of the molecule is COc1ncc2c(C(N)=O)nn(-c3cccc(C#C[C@H](O)CCN(C)C=O)c3)c2n1. The minimum Gasteiger partial charge on any atom is -0.467 e. The third-order valence-electron chi connectivity index (χ3n) is 4.23. The first-order chi connectivity index (χ1) is 14.4. The van der Waals surface area contributed by atoms with E-state index in [1.165, 1.54) is 22.9 Å². The lowest BCUT2D eigenvalue weighted by atomic mass is 10.1. The predicted octanol–water partition coefficient (Wildman–Crippen LogP) is 0.114. The Hall–Kier alpha value is -3.97. The van der Waals surface area contributed by atoms with E-state index in [0.29, 0.717) is 41.7 Å². The van der Waals surface area contributed by atoms with Gasteiger partial charge >= 0.3 is 6.01 Å². The van der Waals surface area contributed by atoms with Crippen LogP contribution in [0.5, 0.6) is 6.01 Å². The highest BCUT2D eigenvalue weighted by molar-refractivity contribution is 6.03. The number of aromatic nitrogens is 4. The number of ether oxygens (including phenoxy) is 1. The number of aliphatic hydroxyl groups excluding tert-OH is 1. The van der Waals surface area contributed by atoms with E-state index in [4.69, 9.17) is 10.5 Å². The largest absolute Gasteiger partial charge is 0.467 e. The molecule has 0 unspecified atom stereocenters. The van der Waals surface area contributed by atoms with Gasteiger partial charge in [0.2, 0.25) is 6.41 Å². The summed E-state index contributed by atoms with van der Waals surface area (Å²) in [6.07, 6.45) is 1.59. The number of nitrogens with zero attached hydrogens (tertiary/aromatic N) is 5. The van der Waals surface area contributed by atoms with Gasteiger partial charge < -0.3 is 20.5 Å². The van der Waals surface area contributed by atoms with E-state index >= 15 is 0 Å². The molecule has 2 aromatic heterocycles. The first kappa shape index (κ1) is 20.8. The summed E-state index contributed by atoms with van der Waals surface area (Å²) in [4.78, 5) is 32.1. The summed E-state index contributed by atoms with van der Waals surface area (Å²) in [5.41, 5.74) is 7.05. The Kier molecular flexibility index (Phi) is 6.24. The van der Waals surface area contributed by atoms with E-state index in [0.717, 1.165) is 0 Å². The summed E-state index contributed by atoms with van der Waals surface area (Å²) < 4.78 is 6.52. The average Bonchev–Trinajstić information content (AvgIpc) is 3.15. The Morgan fingerprint density at radius 1 is 1.47 bits per heavy atom. The number of carbonyl (C=O) groups excluding carboxylic acids is 2. The molecule has 154 valence electrons. The molecule has 0 saturated carbocycles. The van der Waals surface area contributed by atoms with Crippen molar-refractivity contribution in [1.29, 1.82) is 0 Å². The van der Waals surface area contributed by atoms with Gasteiger partial charge in [0, 0.05) is 31.8 Å². The van der Waals surface area contributed by atoms with E-state index in [9.17, 15) is 14.7 Å². The van der Waals surface area contributed by atoms with Crippen LogP contribution in [-0.2, 0) is 4.79 Å². The van der Waals surface area contributed by atoms with Crippen molar-refractivity contribution in [2.75, 3.05) is 20.7 Å². The minimum absolute atomic E-state index is 0.0406. The summed E-state index contributed by atoms with van der Waals surface area (Å²) in [6.45, 7) is 0.399. The van der Waals surface area contributed by atoms with Gasteiger partial charge in [-0.15, -0.1) is 0 Å². The van der Waals surface area contributed by atoms with Crippen molar-refractivity contribution in [2.45, 2.75) is 12.5 Å². The van der Waals surface area contributed by atoms with E-state index < -0.39 is 12.0 Å². The molecule has 0 aliphatic heterocycles. The van der Waals surface area contributed by atoms with Crippen LogP contribution < -0.4 is 10.5 Å². The number of carbonyl (C=O) groups is 2. The van der Waals surface area contributed by atoms with Crippen LogP contribution in [-0.4, -0.2) is 68.9 Å². The summed E-state index contributed by atoms with van der Waals surface area (Å²) in [5, 5.41) is 14.7. The van der Waals surface area contributed by atoms with Crippen LogP contribution in [0.4, 0.5) is 0 Å². The number of primary amides is 1. The van der Waals surface area contributed by atoms with Crippen molar-refractivity contribution in [1.82, 2.24) is 24.6 Å². The normalized spacial score (nSPS) is 11.4. The van der Waals surface area contributed by atoms with Crippen LogP contribution in [0.1, 0.15) is 22.5 Å². The maximum atomic E-state index is 11.8. The second kappa shape index (κ2) is 9.02.